The normalized spacial score (nSPS) is 14.9. The standard InChI is InChI=1S/C11H22N2/c1-4-6-8-11(7-5-2)13-10(3)9-12/h10-11,13H,4-8H2,1-3H3. The average molecular weight is 182 g/mol. The molecule has 0 aromatic rings. The zero-order valence-electron chi connectivity index (χ0n) is 9.14. The van der Waals surface area contributed by atoms with Crippen molar-refractivity contribution in [2.75, 3.05) is 0 Å². The largest absolute Gasteiger partial charge is 0.299 e. The maximum Gasteiger partial charge on any atom is 0.0926 e. The van der Waals surface area contributed by atoms with Crippen molar-refractivity contribution in [3.8, 4) is 6.07 Å². The lowest BCUT2D eigenvalue weighted by Crippen LogP contribution is -2.35. The van der Waals surface area contributed by atoms with Gasteiger partial charge in [-0.2, -0.15) is 5.26 Å². The fourth-order valence-electron chi connectivity index (χ4n) is 1.50. The number of nitrogens with zero attached hydrogens (tertiary/aromatic N) is 1. The van der Waals surface area contributed by atoms with E-state index < -0.39 is 0 Å². The van der Waals surface area contributed by atoms with Gasteiger partial charge in [-0.05, 0) is 19.8 Å². The van der Waals surface area contributed by atoms with E-state index in [1.807, 2.05) is 6.92 Å². The second-order valence-electron chi connectivity index (χ2n) is 3.65. The summed E-state index contributed by atoms with van der Waals surface area (Å²) in [4.78, 5) is 0. The van der Waals surface area contributed by atoms with Crippen LogP contribution in [0.1, 0.15) is 52.9 Å². The Morgan fingerprint density at radius 1 is 1.23 bits per heavy atom. The van der Waals surface area contributed by atoms with Gasteiger partial charge in [0.15, 0.2) is 0 Å². The van der Waals surface area contributed by atoms with E-state index in [0.29, 0.717) is 6.04 Å². The Kier molecular flexibility index (Phi) is 7.73. The van der Waals surface area contributed by atoms with Crippen molar-refractivity contribution in [2.45, 2.75) is 65.0 Å². The lowest BCUT2D eigenvalue weighted by molar-refractivity contribution is 0.420. The molecule has 13 heavy (non-hydrogen) atoms. The Hall–Kier alpha value is -0.550. The van der Waals surface area contributed by atoms with Gasteiger partial charge in [-0.1, -0.05) is 33.1 Å². The highest BCUT2D eigenvalue weighted by Crippen LogP contribution is 2.07. The molecular formula is C11H22N2. The molecule has 2 nitrogen and oxygen atoms in total. The first-order chi connectivity index (χ1) is 6.24. The third-order valence-corrected chi connectivity index (χ3v) is 2.22. The third kappa shape index (κ3) is 6.60. The minimum atomic E-state index is -0.00611. The first-order valence-electron chi connectivity index (χ1n) is 5.40. The predicted octanol–water partition coefficient (Wildman–Crippen LogP) is 2.85. The van der Waals surface area contributed by atoms with E-state index in [-0.39, 0.29) is 6.04 Å². The molecule has 0 aliphatic heterocycles. The minimum Gasteiger partial charge on any atom is -0.299 e. The van der Waals surface area contributed by atoms with Gasteiger partial charge >= 0.3 is 0 Å². The third-order valence-electron chi connectivity index (χ3n) is 2.22. The van der Waals surface area contributed by atoms with E-state index in [2.05, 4.69) is 25.2 Å². The summed E-state index contributed by atoms with van der Waals surface area (Å²) in [5.41, 5.74) is 0. The fourth-order valence-corrected chi connectivity index (χ4v) is 1.50. The molecule has 2 atom stereocenters. The van der Waals surface area contributed by atoms with Crippen molar-refractivity contribution in [1.82, 2.24) is 5.32 Å². The zero-order valence-corrected chi connectivity index (χ0v) is 9.14. The van der Waals surface area contributed by atoms with Crippen molar-refractivity contribution < 1.29 is 0 Å². The van der Waals surface area contributed by atoms with Crippen LogP contribution in [0.2, 0.25) is 0 Å². The predicted molar refractivity (Wildman–Crippen MR) is 56.4 cm³/mol. The van der Waals surface area contributed by atoms with Crippen LogP contribution >= 0.6 is 0 Å². The molecule has 0 saturated carbocycles. The van der Waals surface area contributed by atoms with Crippen molar-refractivity contribution in [3.05, 3.63) is 0 Å². The number of hydrogen-bond acceptors (Lipinski definition) is 2. The second-order valence-corrected chi connectivity index (χ2v) is 3.65. The van der Waals surface area contributed by atoms with Crippen molar-refractivity contribution in [2.24, 2.45) is 0 Å². The molecule has 0 saturated heterocycles. The molecule has 0 amide bonds. The molecule has 2 heteroatoms. The highest BCUT2D eigenvalue weighted by molar-refractivity contribution is 4.87. The molecule has 0 rings (SSSR count). The Labute approximate surface area is 82.3 Å². The number of rotatable bonds is 7. The summed E-state index contributed by atoms with van der Waals surface area (Å²) in [5, 5.41) is 12.0. The maximum absolute atomic E-state index is 8.66. The summed E-state index contributed by atoms with van der Waals surface area (Å²) in [5.74, 6) is 0. The molecular weight excluding hydrogens is 160 g/mol. The SMILES string of the molecule is CCCCC(CCC)NC(C)C#N. The summed E-state index contributed by atoms with van der Waals surface area (Å²) in [6, 6.07) is 2.75. The Morgan fingerprint density at radius 2 is 1.92 bits per heavy atom. The summed E-state index contributed by atoms with van der Waals surface area (Å²) in [6.07, 6.45) is 6.08. The van der Waals surface area contributed by atoms with E-state index >= 15 is 0 Å². The van der Waals surface area contributed by atoms with E-state index in [1.165, 1.54) is 32.1 Å². The van der Waals surface area contributed by atoms with Gasteiger partial charge in [0.1, 0.15) is 0 Å². The van der Waals surface area contributed by atoms with Gasteiger partial charge in [0, 0.05) is 6.04 Å². The first kappa shape index (κ1) is 12.4. The molecule has 0 spiro atoms. The second kappa shape index (κ2) is 8.07. The van der Waals surface area contributed by atoms with Crippen LogP contribution < -0.4 is 5.32 Å². The van der Waals surface area contributed by atoms with Crippen LogP contribution in [0.5, 0.6) is 0 Å². The van der Waals surface area contributed by atoms with Crippen molar-refractivity contribution in [3.63, 3.8) is 0 Å². The highest BCUT2D eigenvalue weighted by Gasteiger charge is 2.09. The van der Waals surface area contributed by atoms with Crippen LogP contribution in [0.4, 0.5) is 0 Å². The van der Waals surface area contributed by atoms with E-state index in [1.54, 1.807) is 0 Å². The van der Waals surface area contributed by atoms with E-state index in [4.69, 9.17) is 5.26 Å². The molecule has 0 aliphatic rings. The lowest BCUT2D eigenvalue weighted by atomic mass is 10.0. The molecule has 0 fully saturated rings. The molecule has 0 aliphatic carbocycles. The van der Waals surface area contributed by atoms with Crippen molar-refractivity contribution >= 4 is 0 Å². The van der Waals surface area contributed by atoms with Crippen LogP contribution in [0, 0.1) is 11.3 Å². The monoisotopic (exact) mass is 182 g/mol. The highest BCUT2D eigenvalue weighted by atomic mass is 14.9. The van der Waals surface area contributed by atoms with Gasteiger partial charge in [-0.3, -0.25) is 5.32 Å². The van der Waals surface area contributed by atoms with Crippen LogP contribution in [0.25, 0.3) is 0 Å². The van der Waals surface area contributed by atoms with Crippen molar-refractivity contribution in [1.29, 1.82) is 5.26 Å². The molecule has 0 aromatic carbocycles. The first-order valence-corrected chi connectivity index (χ1v) is 5.40. The van der Waals surface area contributed by atoms with Gasteiger partial charge in [-0.15, -0.1) is 0 Å². The fraction of sp³-hybridized carbons (Fsp3) is 0.909. The summed E-state index contributed by atoms with van der Waals surface area (Å²) in [6.45, 7) is 6.32. The zero-order chi connectivity index (χ0) is 10.1. The molecule has 2 unspecified atom stereocenters. The van der Waals surface area contributed by atoms with Gasteiger partial charge in [-0.25, -0.2) is 0 Å². The smallest absolute Gasteiger partial charge is 0.0926 e. The molecule has 76 valence electrons. The average Bonchev–Trinajstić information content (AvgIpc) is 2.14. The number of hydrogen-bond donors (Lipinski definition) is 1. The number of unbranched alkanes of at least 4 members (excludes halogenated alkanes) is 1. The quantitative estimate of drug-likeness (QED) is 0.657. The topological polar surface area (TPSA) is 35.8 Å². The van der Waals surface area contributed by atoms with Crippen LogP contribution in [0.3, 0.4) is 0 Å². The van der Waals surface area contributed by atoms with Gasteiger partial charge in [0.25, 0.3) is 0 Å². The van der Waals surface area contributed by atoms with Crippen LogP contribution in [-0.2, 0) is 0 Å². The molecule has 0 radical (unpaired) electrons. The molecule has 1 N–H and O–H groups in total. The summed E-state index contributed by atoms with van der Waals surface area (Å²) >= 11 is 0. The maximum atomic E-state index is 8.66. The van der Waals surface area contributed by atoms with E-state index in [9.17, 15) is 0 Å². The summed E-state index contributed by atoms with van der Waals surface area (Å²) in [7, 11) is 0. The number of nitrogens with one attached hydrogen (secondary N) is 1. The Balaban J connectivity index is 3.73. The Bertz CT molecular complexity index is 149. The van der Waals surface area contributed by atoms with Crippen LogP contribution in [0.15, 0.2) is 0 Å². The minimum absolute atomic E-state index is 0.00611. The van der Waals surface area contributed by atoms with Gasteiger partial charge in [0.2, 0.25) is 0 Å². The molecule has 0 bridgehead atoms. The van der Waals surface area contributed by atoms with Crippen LogP contribution in [-0.4, -0.2) is 12.1 Å². The van der Waals surface area contributed by atoms with Gasteiger partial charge < -0.3 is 0 Å². The van der Waals surface area contributed by atoms with E-state index in [0.717, 1.165) is 0 Å². The molecule has 0 aromatic heterocycles. The summed E-state index contributed by atoms with van der Waals surface area (Å²) < 4.78 is 0. The van der Waals surface area contributed by atoms with Gasteiger partial charge in [0.05, 0.1) is 12.1 Å². The Morgan fingerprint density at radius 3 is 2.38 bits per heavy atom. The number of nitriles is 1. The lowest BCUT2D eigenvalue weighted by Gasteiger charge is -2.18. The molecule has 0 heterocycles.